The van der Waals surface area contributed by atoms with Crippen LogP contribution in [0.3, 0.4) is 0 Å². The van der Waals surface area contributed by atoms with E-state index in [0.29, 0.717) is 16.9 Å². The van der Waals surface area contributed by atoms with Gasteiger partial charge in [0.15, 0.2) is 5.16 Å². The monoisotopic (exact) mass is 428 g/mol. The largest absolute Gasteiger partial charge is 0.573 e. The maximum Gasteiger partial charge on any atom is 0.573 e. The second-order valence-corrected chi connectivity index (χ2v) is 8.32. The average molecular weight is 428 g/mol. The first-order chi connectivity index (χ1) is 13.7. The number of carbonyl (C=O) groups is 1. The first-order valence-corrected chi connectivity index (χ1v) is 10.4. The number of nitrogens with zero attached hydrogens (tertiary/aromatic N) is 3. The minimum atomic E-state index is -4.75. The average Bonchev–Trinajstić information content (AvgIpc) is 3.03. The van der Waals surface area contributed by atoms with Crippen LogP contribution in [0.4, 0.5) is 18.9 Å². The Morgan fingerprint density at radius 2 is 1.86 bits per heavy atom. The summed E-state index contributed by atoms with van der Waals surface area (Å²) in [5.74, 6) is 0.233. The van der Waals surface area contributed by atoms with Crippen LogP contribution in [0.15, 0.2) is 29.4 Å². The van der Waals surface area contributed by atoms with Gasteiger partial charge >= 0.3 is 6.36 Å². The van der Waals surface area contributed by atoms with E-state index in [-0.39, 0.29) is 11.7 Å². The molecule has 1 aromatic heterocycles. The van der Waals surface area contributed by atoms with E-state index in [0.717, 1.165) is 30.8 Å². The summed E-state index contributed by atoms with van der Waals surface area (Å²) in [6.07, 6.45) is 1.01. The van der Waals surface area contributed by atoms with Crippen molar-refractivity contribution in [3.63, 3.8) is 0 Å². The lowest BCUT2D eigenvalue weighted by atomic mass is 9.95. The van der Waals surface area contributed by atoms with E-state index in [1.807, 2.05) is 6.92 Å². The molecule has 1 atom stereocenters. The number of benzene rings is 1. The van der Waals surface area contributed by atoms with Gasteiger partial charge in [-0.05, 0) is 51.0 Å². The Hall–Kier alpha value is -2.23. The molecule has 6 nitrogen and oxygen atoms in total. The molecule has 3 rings (SSSR count). The van der Waals surface area contributed by atoms with Crippen molar-refractivity contribution in [2.75, 3.05) is 5.32 Å². The van der Waals surface area contributed by atoms with E-state index >= 15 is 0 Å². The van der Waals surface area contributed by atoms with E-state index in [2.05, 4.69) is 24.8 Å². The summed E-state index contributed by atoms with van der Waals surface area (Å²) >= 11 is 1.33. The lowest BCUT2D eigenvalue weighted by Gasteiger charge is -2.25. The van der Waals surface area contributed by atoms with Gasteiger partial charge in [-0.2, -0.15) is 0 Å². The number of hydrogen-bond acceptors (Lipinski definition) is 5. The molecule has 0 aliphatic heterocycles. The number of nitrogens with one attached hydrogen (secondary N) is 1. The highest BCUT2D eigenvalue weighted by atomic mass is 32.2. The number of rotatable bonds is 6. The Balaban J connectivity index is 1.61. The molecule has 1 fully saturated rings. The van der Waals surface area contributed by atoms with E-state index in [9.17, 15) is 18.0 Å². The Bertz CT molecular complexity index is 833. The van der Waals surface area contributed by atoms with Crippen LogP contribution in [0.25, 0.3) is 0 Å². The Morgan fingerprint density at radius 1 is 1.21 bits per heavy atom. The fourth-order valence-electron chi connectivity index (χ4n) is 3.39. The number of aromatic nitrogens is 3. The summed E-state index contributed by atoms with van der Waals surface area (Å²) in [7, 11) is 0. The molecule has 0 bridgehead atoms. The molecule has 1 heterocycles. The molecular formula is C19H23F3N4O2S. The second kappa shape index (κ2) is 9.06. The van der Waals surface area contributed by atoms with Gasteiger partial charge in [-0.15, -0.1) is 23.4 Å². The number of thioether (sulfide) groups is 1. The molecule has 0 unspecified atom stereocenters. The number of alkyl halides is 3. The topological polar surface area (TPSA) is 69.0 Å². The highest BCUT2D eigenvalue weighted by Crippen LogP contribution is 2.34. The van der Waals surface area contributed by atoms with Crippen molar-refractivity contribution in [2.45, 2.75) is 68.8 Å². The summed E-state index contributed by atoms with van der Waals surface area (Å²) in [4.78, 5) is 12.5. The minimum absolute atomic E-state index is 0.268. The minimum Gasteiger partial charge on any atom is -0.406 e. The smallest absolute Gasteiger partial charge is 0.406 e. The number of hydrogen-bond donors (Lipinski definition) is 1. The van der Waals surface area contributed by atoms with Crippen LogP contribution in [-0.2, 0) is 4.79 Å². The number of carbonyl (C=O) groups excluding carboxylic acids is 1. The highest BCUT2D eigenvalue weighted by Gasteiger charge is 2.31. The number of amides is 1. The molecule has 2 aromatic rings. The first-order valence-electron chi connectivity index (χ1n) is 9.48. The summed E-state index contributed by atoms with van der Waals surface area (Å²) in [6.45, 7) is 3.68. The van der Waals surface area contributed by atoms with Gasteiger partial charge in [0.05, 0.1) is 5.25 Å². The van der Waals surface area contributed by atoms with Crippen LogP contribution in [0.5, 0.6) is 5.75 Å². The van der Waals surface area contributed by atoms with E-state index in [4.69, 9.17) is 0 Å². The molecule has 1 aromatic carbocycles. The molecule has 0 spiro atoms. The summed E-state index contributed by atoms with van der Waals surface area (Å²) in [6, 6.07) is 5.40. The van der Waals surface area contributed by atoms with Crippen LogP contribution in [0, 0.1) is 6.92 Å². The molecular weight excluding hydrogens is 405 g/mol. The van der Waals surface area contributed by atoms with Crippen molar-refractivity contribution < 1.29 is 22.7 Å². The van der Waals surface area contributed by atoms with Crippen molar-refractivity contribution in [1.29, 1.82) is 0 Å². The quantitative estimate of drug-likeness (QED) is 0.648. The van der Waals surface area contributed by atoms with Crippen molar-refractivity contribution in [3.05, 3.63) is 30.1 Å². The van der Waals surface area contributed by atoms with Gasteiger partial charge in [0.25, 0.3) is 0 Å². The Labute approximate surface area is 171 Å². The molecule has 10 heteroatoms. The molecule has 1 aliphatic carbocycles. The predicted octanol–water partition coefficient (Wildman–Crippen LogP) is 5.11. The summed E-state index contributed by atoms with van der Waals surface area (Å²) in [5, 5.41) is 11.4. The maximum atomic E-state index is 12.5. The van der Waals surface area contributed by atoms with Gasteiger partial charge in [0.2, 0.25) is 5.91 Å². The predicted molar refractivity (Wildman–Crippen MR) is 104 cm³/mol. The third-order valence-corrected chi connectivity index (χ3v) is 5.84. The van der Waals surface area contributed by atoms with Crippen LogP contribution in [-0.4, -0.2) is 32.3 Å². The van der Waals surface area contributed by atoms with Crippen molar-refractivity contribution in [3.8, 4) is 5.75 Å². The van der Waals surface area contributed by atoms with Crippen LogP contribution in [0.2, 0.25) is 0 Å². The van der Waals surface area contributed by atoms with Gasteiger partial charge in [-0.25, -0.2) is 0 Å². The fourth-order valence-corrected chi connectivity index (χ4v) is 4.35. The molecule has 1 saturated carbocycles. The number of halogens is 3. The van der Waals surface area contributed by atoms with Gasteiger partial charge in [0.1, 0.15) is 11.6 Å². The third kappa shape index (κ3) is 5.88. The molecule has 0 saturated heterocycles. The van der Waals surface area contributed by atoms with Crippen molar-refractivity contribution >= 4 is 23.4 Å². The molecule has 0 radical (unpaired) electrons. The van der Waals surface area contributed by atoms with Crippen LogP contribution >= 0.6 is 11.8 Å². The van der Waals surface area contributed by atoms with E-state index in [1.165, 1.54) is 43.2 Å². The molecule has 29 heavy (non-hydrogen) atoms. The molecule has 158 valence electrons. The standard InChI is InChI=1S/C19H23F3N4O2S/c1-12(17(27)23-14-8-10-16(11-9-14)28-19(20,21)22)29-18-25-24-13(2)26(18)15-6-4-3-5-7-15/h8-12,15H,3-7H2,1-2H3,(H,23,27)/t12-/m1/s1. The highest BCUT2D eigenvalue weighted by molar-refractivity contribution is 8.00. The Morgan fingerprint density at radius 3 is 2.48 bits per heavy atom. The normalized spacial score (nSPS) is 16.4. The van der Waals surface area contributed by atoms with E-state index in [1.54, 1.807) is 6.92 Å². The first kappa shape index (κ1) is 21.5. The number of anilines is 1. The van der Waals surface area contributed by atoms with Crippen LogP contribution < -0.4 is 10.1 Å². The van der Waals surface area contributed by atoms with Gasteiger partial charge in [0, 0.05) is 11.7 Å². The third-order valence-electron chi connectivity index (χ3n) is 4.78. The summed E-state index contributed by atoms with van der Waals surface area (Å²) < 4.78 is 42.6. The van der Waals surface area contributed by atoms with E-state index < -0.39 is 11.6 Å². The SMILES string of the molecule is Cc1nnc(S[C@H](C)C(=O)Nc2ccc(OC(F)(F)F)cc2)n1C1CCCCC1. The Kier molecular flexibility index (Phi) is 6.71. The zero-order valence-electron chi connectivity index (χ0n) is 16.2. The van der Waals surface area contributed by atoms with Gasteiger partial charge in [-0.3, -0.25) is 4.79 Å². The number of aryl methyl sites for hydroxylation is 1. The fraction of sp³-hybridized carbons (Fsp3) is 0.526. The zero-order chi connectivity index (χ0) is 21.0. The van der Waals surface area contributed by atoms with Crippen molar-refractivity contribution in [2.24, 2.45) is 0 Å². The zero-order valence-corrected chi connectivity index (χ0v) is 17.0. The van der Waals surface area contributed by atoms with Crippen molar-refractivity contribution in [1.82, 2.24) is 14.8 Å². The lowest BCUT2D eigenvalue weighted by Crippen LogP contribution is -2.23. The van der Waals surface area contributed by atoms with Gasteiger partial charge < -0.3 is 14.6 Å². The second-order valence-electron chi connectivity index (χ2n) is 7.01. The number of ether oxygens (including phenoxy) is 1. The lowest BCUT2D eigenvalue weighted by molar-refractivity contribution is -0.274. The van der Waals surface area contributed by atoms with Crippen LogP contribution in [0.1, 0.15) is 50.9 Å². The molecule has 1 aliphatic rings. The maximum absolute atomic E-state index is 12.5. The summed E-state index contributed by atoms with van der Waals surface area (Å²) in [5.41, 5.74) is 0.391. The molecule has 1 N–H and O–H groups in total. The van der Waals surface area contributed by atoms with Gasteiger partial charge in [-0.1, -0.05) is 31.0 Å². The molecule has 1 amide bonds.